The number of hydrogen-bond donors (Lipinski definition) is 0. The second-order valence-corrected chi connectivity index (χ2v) is 4.03. The minimum absolute atomic E-state index is 0.217. The van der Waals surface area contributed by atoms with Gasteiger partial charge in [-0.2, -0.15) is 0 Å². The smallest absolute Gasteiger partial charge is 0.314 e. The molecule has 0 aromatic carbocycles. The standard InChI is InChI=1S/C11H12ClNO2/c1-15-11(14)8-4-2-3-7-5-6-9(12)13-10(7)8/h5-6,8H,2-4H2,1H3. The fourth-order valence-electron chi connectivity index (χ4n) is 2.00. The van der Waals surface area contributed by atoms with Gasteiger partial charge in [0.2, 0.25) is 0 Å². The molecule has 1 heterocycles. The second-order valence-electron chi connectivity index (χ2n) is 3.65. The van der Waals surface area contributed by atoms with Crippen LogP contribution in [-0.4, -0.2) is 18.1 Å². The van der Waals surface area contributed by atoms with Crippen LogP contribution in [0.15, 0.2) is 12.1 Å². The number of methoxy groups -OCH3 is 1. The fourth-order valence-corrected chi connectivity index (χ4v) is 2.15. The maximum Gasteiger partial charge on any atom is 0.314 e. The Morgan fingerprint density at radius 3 is 3.13 bits per heavy atom. The number of rotatable bonds is 1. The predicted octanol–water partition coefficient (Wildman–Crippen LogP) is 2.33. The van der Waals surface area contributed by atoms with E-state index in [1.54, 1.807) is 6.07 Å². The molecule has 1 aromatic rings. The van der Waals surface area contributed by atoms with Crippen molar-refractivity contribution in [3.63, 3.8) is 0 Å². The number of ether oxygens (including phenoxy) is 1. The van der Waals surface area contributed by atoms with Crippen LogP contribution in [0.1, 0.15) is 30.0 Å². The number of hydrogen-bond acceptors (Lipinski definition) is 3. The summed E-state index contributed by atoms with van der Waals surface area (Å²) in [4.78, 5) is 15.8. The summed E-state index contributed by atoms with van der Waals surface area (Å²) >= 11 is 5.83. The molecule has 0 radical (unpaired) electrons. The molecule has 1 aliphatic rings. The van der Waals surface area contributed by atoms with Gasteiger partial charge in [-0.15, -0.1) is 0 Å². The molecule has 1 unspecified atom stereocenters. The molecule has 15 heavy (non-hydrogen) atoms. The van der Waals surface area contributed by atoms with Crippen LogP contribution in [0.2, 0.25) is 5.15 Å². The maximum absolute atomic E-state index is 11.5. The number of pyridine rings is 1. The van der Waals surface area contributed by atoms with Crippen molar-refractivity contribution in [1.82, 2.24) is 4.98 Å². The summed E-state index contributed by atoms with van der Waals surface area (Å²) in [5.74, 6) is -0.455. The number of nitrogens with zero attached hydrogens (tertiary/aromatic N) is 1. The minimum Gasteiger partial charge on any atom is -0.469 e. The van der Waals surface area contributed by atoms with Gasteiger partial charge >= 0.3 is 5.97 Å². The van der Waals surface area contributed by atoms with Gasteiger partial charge in [0.05, 0.1) is 18.7 Å². The zero-order chi connectivity index (χ0) is 10.8. The van der Waals surface area contributed by atoms with E-state index in [1.165, 1.54) is 7.11 Å². The van der Waals surface area contributed by atoms with Crippen molar-refractivity contribution < 1.29 is 9.53 Å². The summed E-state index contributed by atoms with van der Waals surface area (Å²) in [5.41, 5.74) is 1.90. The first-order chi connectivity index (χ1) is 7.22. The lowest BCUT2D eigenvalue weighted by molar-refractivity contribution is -0.142. The predicted molar refractivity (Wildman–Crippen MR) is 56.9 cm³/mol. The number of carbonyl (C=O) groups is 1. The molecular weight excluding hydrogens is 214 g/mol. The molecule has 1 aromatic heterocycles. The maximum atomic E-state index is 11.5. The largest absolute Gasteiger partial charge is 0.469 e. The molecule has 0 bridgehead atoms. The minimum atomic E-state index is -0.238. The first-order valence-corrected chi connectivity index (χ1v) is 5.33. The highest BCUT2D eigenvalue weighted by Crippen LogP contribution is 2.31. The average Bonchev–Trinajstić information content (AvgIpc) is 2.27. The van der Waals surface area contributed by atoms with Crippen molar-refractivity contribution in [3.05, 3.63) is 28.5 Å². The summed E-state index contributed by atoms with van der Waals surface area (Å²) < 4.78 is 4.76. The molecule has 0 spiro atoms. The van der Waals surface area contributed by atoms with Gasteiger partial charge in [-0.05, 0) is 30.9 Å². The highest BCUT2D eigenvalue weighted by molar-refractivity contribution is 6.29. The van der Waals surface area contributed by atoms with E-state index in [0.717, 1.165) is 30.5 Å². The molecule has 80 valence electrons. The lowest BCUT2D eigenvalue weighted by atomic mass is 9.87. The molecule has 0 amide bonds. The molecule has 4 heteroatoms. The van der Waals surface area contributed by atoms with Gasteiger partial charge in [0.15, 0.2) is 0 Å². The van der Waals surface area contributed by atoms with E-state index in [2.05, 4.69) is 4.98 Å². The van der Waals surface area contributed by atoms with Gasteiger partial charge in [0.25, 0.3) is 0 Å². The van der Waals surface area contributed by atoms with Crippen LogP contribution in [0.25, 0.3) is 0 Å². The van der Waals surface area contributed by atoms with E-state index in [9.17, 15) is 4.79 Å². The Morgan fingerprint density at radius 1 is 1.60 bits per heavy atom. The number of halogens is 1. The Balaban J connectivity index is 2.40. The zero-order valence-electron chi connectivity index (χ0n) is 8.50. The Morgan fingerprint density at radius 2 is 2.40 bits per heavy atom. The van der Waals surface area contributed by atoms with Crippen LogP contribution < -0.4 is 0 Å². The van der Waals surface area contributed by atoms with Crippen LogP contribution in [0.5, 0.6) is 0 Å². The number of esters is 1. The van der Waals surface area contributed by atoms with E-state index in [4.69, 9.17) is 16.3 Å². The molecule has 1 aliphatic carbocycles. The van der Waals surface area contributed by atoms with E-state index in [-0.39, 0.29) is 11.9 Å². The highest BCUT2D eigenvalue weighted by atomic mass is 35.5. The van der Waals surface area contributed by atoms with Crippen LogP contribution in [0.3, 0.4) is 0 Å². The van der Waals surface area contributed by atoms with Gasteiger partial charge in [0.1, 0.15) is 5.15 Å². The second kappa shape index (κ2) is 4.19. The highest BCUT2D eigenvalue weighted by Gasteiger charge is 2.28. The fraction of sp³-hybridized carbons (Fsp3) is 0.455. The lowest BCUT2D eigenvalue weighted by Gasteiger charge is -2.22. The SMILES string of the molecule is COC(=O)C1CCCc2ccc(Cl)nc21. The first-order valence-electron chi connectivity index (χ1n) is 4.95. The third kappa shape index (κ3) is 1.97. The number of fused-ring (bicyclic) bond motifs is 1. The molecule has 0 fully saturated rings. The molecule has 0 saturated heterocycles. The van der Waals surface area contributed by atoms with Crippen LogP contribution in [0, 0.1) is 0 Å². The number of aromatic nitrogens is 1. The molecule has 1 atom stereocenters. The first kappa shape index (κ1) is 10.4. The van der Waals surface area contributed by atoms with Crippen molar-refractivity contribution in [3.8, 4) is 0 Å². The zero-order valence-corrected chi connectivity index (χ0v) is 9.25. The monoisotopic (exact) mass is 225 g/mol. The van der Waals surface area contributed by atoms with Crippen LogP contribution in [0.4, 0.5) is 0 Å². The Kier molecular flexibility index (Phi) is 2.91. The summed E-state index contributed by atoms with van der Waals surface area (Å²) in [6, 6.07) is 3.71. The lowest BCUT2D eigenvalue weighted by Crippen LogP contribution is -2.21. The van der Waals surface area contributed by atoms with Crippen molar-refractivity contribution in [1.29, 1.82) is 0 Å². The van der Waals surface area contributed by atoms with Crippen molar-refractivity contribution in [2.75, 3.05) is 7.11 Å². The Labute approximate surface area is 93.4 Å². The van der Waals surface area contributed by atoms with E-state index >= 15 is 0 Å². The Bertz CT molecular complexity index is 392. The van der Waals surface area contributed by atoms with Gasteiger partial charge in [0, 0.05) is 0 Å². The van der Waals surface area contributed by atoms with Crippen molar-refractivity contribution >= 4 is 17.6 Å². The molecule has 0 saturated carbocycles. The van der Waals surface area contributed by atoms with E-state index in [0.29, 0.717) is 5.15 Å². The van der Waals surface area contributed by atoms with Gasteiger partial charge in [-0.3, -0.25) is 4.79 Å². The molecular formula is C11H12ClNO2. The van der Waals surface area contributed by atoms with E-state index < -0.39 is 0 Å². The van der Waals surface area contributed by atoms with Gasteiger partial charge in [-0.1, -0.05) is 17.7 Å². The van der Waals surface area contributed by atoms with Crippen LogP contribution >= 0.6 is 11.6 Å². The third-order valence-electron chi connectivity index (χ3n) is 2.73. The van der Waals surface area contributed by atoms with Crippen molar-refractivity contribution in [2.45, 2.75) is 25.2 Å². The molecule has 3 nitrogen and oxygen atoms in total. The van der Waals surface area contributed by atoms with Gasteiger partial charge in [-0.25, -0.2) is 4.98 Å². The number of carbonyl (C=O) groups excluding carboxylic acids is 1. The summed E-state index contributed by atoms with van der Waals surface area (Å²) in [5, 5.41) is 0.435. The average molecular weight is 226 g/mol. The van der Waals surface area contributed by atoms with Crippen molar-refractivity contribution in [2.24, 2.45) is 0 Å². The third-order valence-corrected chi connectivity index (χ3v) is 2.94. The summed E-state index contributed by atoms with van der Waals surface area (Å²) in [6.45, 7) is 0. The molecule has 0 N–H and O–H groups in total. The number of aryl methyl sites for hydroxylation is 1. The molecule has 0 aliphatic heterocycles. The quantitative estimate of drug-likeness (QED) is 0.544. The Hall–Kier alpha value is -1.09. The summed E-state index contributed by atoms with van der Waals surface area (Å²) in [7, 11) is 1.40. The molecule has 2 rings (SSSR count). The normalized spacial score (nSPS) is 19.5. The summed E-state index contributed by atoms with van der Waals surface area (Å²) in [6.07, 6.45) is 2.76. The topological polar surface area (TPSA) is 39.2 Å². The van der Waals surface area contributed by atoms with Crippen LogP contribution in [-0.2, 0) is 16.0 Å². The van der Waals surface area contributed by atoms with Gasteiger partial charge < -0.3 is 4.74 Å². The van der Waals surface area contributed by atoms with E-state index in [1.807, 2.05) is 6.07 Å².